The molecular formula is C41H48Cl2N4O7. The molecule has 0 amide bonds. The van der Waals surface area contributed by atoms with Gasteiger partial charge < -0.3 is 34.4 Å². The van der Waals surface area contributed by atoms with Crippen molar-refractivity contribution in [2.45, 2.75) is 62.3 Å². The molecule has 13 heteroatoms. The van der Waals surface area contributed by atoms with Crippen molar-refractivity contribution in [2.75, 3.05) is 46.1 Å². The lowest BCUT2D eigenvalue weighted by Gasteiger charge is -2.45. The van der Waals surface area contributed by atoms with Crippen LogP contribution in [-0.2, 0) is 22.7 Å². The first-order valence-corrected chi connectivity index (χ1v) is 18.8. The Morgan fingerprint density at radius 1 is 1.17 bits per heavy atom. The maximum Gasteiger partial charge on any atom is 0.326 e. The molecule has 1 saturated heterocycles. The van der Waals surface area contributed by atoms with E-state index in [9.17, 15) is 25.4 Å². The summed E-state index contributed by atoms with van der Waals surface area (Å²) in [5.41, 5.74) is 0.596. The van der Waals surface area contributed by atoms with Gasteiger partial charge in [0.15, 0.2) is 0 Å². The molecule has 1 aliphatic heterocycles. The van der Waals surface area contributed by atoms with Crippen molar-refractivity contribution in [1.82, 2.24) is 15.2 Å². The number of benzene rings is 2. The number of aliphatic hydroxyl groups excluding tert-OH is 2. The van der Waals surface area contributed by atoms with Crippen LogP contribution >= 0.6 is 23.2 Å². The van der Waals surface area contributed by atoms with Crippen molar-refractivity contribution in [3.8, 4) is 17.6 Å². The standard InChI is InChI=1S/C41H48Cl2N4O7/c1-39(27-49,38(50)51)46-23-33-18-35(42)37(19-36(33)52-26-31-17-30(20-44)21-45-22-31)53-28-41(54-16-8-15-47-14-7-9-29(24-47)25-48)13-6-12-34(40(41,2)43)32-10-4-3-5-11-32/h3-6,10-13,17-19,21-22,29,46,48-49H,7-9,14-16,23-28H2,1-2H3,(H,50,51). The molecule has 0 radical (unpaired) electrons. The van der Waals surface area contributed by atoms with Crippen molar-refractivity contribution in [1.29, 1.82) is 5.26 Å². The number of alkyl halides is 1. The quantitative estimate of drug-likeness (QED) is 0.0889. The summed E-state index contributed by atoms with van der Waals surface area (Å²) in [6, 6.07) is 16.9. The number of nitriles is 1. The monoisotopic (exact) mass is 778 g/mol. The first kappa shape index (κ1) is 41.2. The lowest BCUT2D eigenvalue weighted by Crippen LogP contribution is -2.55. The summed E-state index contributed by atoms with van der Waals surface area (Å²) in [4.78, 5) is 17.3. The van der Waals surface area contributed by atoms with E-state index in [4.69, 9.17) is 37.4 Å². The highest BCUT2D eigenvalue weighted by atomic mass is 35.5. The number of hydrogen-bond acceptors (Lipinski definition) is 10. The number of carbonyl (C=O) groups is 1. The van der Waals surface area contributed by atoms with Crippen LogP contribution in [0.3, 0.4) is 0 Å². The number of hydrogen-bond donors (Lipinski definition) is 4. The minimum atomic E-state index is -1.62. The smallest absolute Gasteiger partial charge is 0.326 e. The third kappa shape index (κ3) is 9.81. The Bertz CT molecular complexity index is 1850. The molecule has 4 N–H and O–H groups in total. The molecule has 2 aromatic carbocycles. The van der Waals surface area contributed by atoms with Crippen LogP contribution in [0.4, 0.5) is 0 Å². The minimum Gasteiger partial charge on any atom is -0.488 e. The van der Waals surface area contributed by atoms with Crippen molar-refractivity contribution in [2.24, 2.45) is 5.92 Å². The summed E-state index contributed by atoms with van der Waals surface area (Å²) in [5, 5.41) is 41.7. The van der Waals surface area contributed by atoms with Crippen molar-refractivity contribution >= 4 is 34.7 Å². The van der Waals surface area contributed by atoms with Gasteiger partial charge in [0.2, 0.25) is 0 Å². The van der Waals surface area contributed by atoms with E-state index in [-0.39, 0.29) is 37.1 Å². The summed E-state index contributed by atoms with van der Waals surface area (Å²) >= 11 is 14.4. The van der Waals surface area contributed by atoms with Crippen molar-refractivity contribution in [3.63, 3.8) is 0 Å². The average molecular weight is 780 g/mol. The highest BCUT2D eigenvalue weighted by molar-refractivity contribution is 6.32. The Hall–Kier alpha value is -3.99. The number of aliphatic carboxylic acids is 1. The second-order valence-corrected chi connectivity index (χ2v) is 15.4. The van der Waals surface area contributed by atoms with Gasteiger partial charge in [-0.15, -0.1) is 11.6 Å². The topological polar surface area (TPSA) is 157 Å². The molecule has 5 rings (SSSR count). The van der Waals surface area contributed by atoms with Crippen LogP contribution in [0.5, 0.6) is 11.5 Å². The summed E-state index contributed by atoms with van der Waals surface area (Å²) in [5.74, 6) is -0.306. The molecule has 0 saturated carbocycles. The van der Waals surface area contributed by atoms with Crippen molar-refractivity contribution < 1.29 is 34.3 Å². The lowest BCUT2D eigenvalue weighted by atomic mass is 9.76. The number of aromatic nitrogens is 1. The Balaban J connectivity index is 1.41. The fraction of sp³-hybridized carbons (Fsp3) is 0.439. The van der Waals surface area contributed by atoms with E-state index in [0.717, 1.165) is 50.0 Å². The number of nitrogens with one attached hydrogen (secondary N) is 1. The SMILES string of the molecule is CC(CO)(NCc1cc(Cl)c(OCC2(OCCCN3CCCC(CO)C3)C=CC=C(c3ccccc3)C2(C)Cl)cc1OCc1cncc(C#N)c1)C(=O)O. The van der Waals surface area contributed by atoms with Gasteiger partial charge in [-0.2, -0.15) is 5.26 Å². The van der Waals surface area contributed by atoms with Gasteiger partial charge in [0.25, 0.3) is 0 Å². The highest BCUT2D eigenvalue weighted by Crippen LogP contribution is 2.48. The van der Waals surface area contributed by atoms with E-state index in [1.165, 1.54) is 13.1 Å². The Morgan fingerprint density at radius 3 is 2.69 bits per heavy atom. The molecule has 3 aromatic rings. The zero-order valence-electron chi connectivity index (χ0n) is 30.6. The molecule has 2 aliphatic rings. The largest absolute Gasteiger partial charge is 0.488 e. The van der Waals surface area contributed by atoms with Crippen LogP contribution in [0, 0.1) is 17.2 Å². The van der Waals surface area contributed by atoms with E-state index >= 15 is 0 Å². The Labute approximate surface area is 326 Å². The fourth-order valence-electron chi connectivity index (χ4n) is 6.70. The minimum absolute atomic E-state index is 0.00792. The molecule has 1 aromatic heterocycles. The maximum atomic E-state index is 11.9. The number of carboxylic acids is 1. The molecule has 1 aliphatic carbocycles. The molecule has 4 atom stereocenters. The predicted octanol–water partition coefficient (Wildman–Crippen LogP) is 5.99. The van der Waals surface area contributed by atoms with Crippen LogP contribution in [0.25, 0.3) is 5.57 Å². The van der Waals surface area contributed by atoms with Gasteiger partial charge in [-0.1, -0.05) is 54.1 Å². The predicted molar refractivity (Wildman–Crippen MR) is 208 cm³/mol. The summed E-state index contributed by atoms with van der Waals surface area (Å²) in [6.07, 6.45) is 11.7. The number of pyridine rings is 1. The molecule has 54 heavy (non-hydrogen) atoms. The van der Waals surface area contributed by atoms with Crippen LogP contribution < -0.4 is 14.8 Å². The number of rotatable bonds is 18. The van der Waals surface area contributed by atoms with Gasteiger partial charge in [0.1, 0.15) is 46.8 Å². The molecule has 4 unspecified atom stereocenters. The van der Waals surface area contributed by atoms with E-state index in [2.05, 4.69) is 21.3 Å². The second-order valence-electron chi connectivity index (χ2n) is 14.2. The second kappa shape index (κ2) is 18.6. The molecule has 288 valence electrons. The summed E-state index contributed by atoms with van der Waals surface area (Å²) < 4.78 is 19.5. The zero-order chi connectivity index (χ0) is 38.8. The van der Waals surface area contributed by atoms with E-state index in [1.54, 1.807) is 24.4 Å². The van der Waals surface area contributed by atoms with Gasteiger partial charge in [0, 0.05) is 62.4 Å². The number of piperidine rings is 1. The molecule has 11 nitrogen and oxygen atoms in total. The Kier molecular flexibility index (Phi) is 14.2. The maximum absolute atomic E-state index is 11.9. The summed E-state index contributed by atoms with van der Waals surface area (Å²) in [7, 11) is 0. The van der Waals surface area contributed by atoms with Crippen LogP contribution in [0.1, 0.15) is 55.4 Å². The van der Waals surface area contributed by atoms with Gasteiger partial charge in [-0.05, 0) is 74.9 Å². The van der Waals surface area contributed by atoms with E-state index in [1.807, 2.05) is 55.5 Å². The molecule has 1 fully saturated rings. The molecule has 0 spiro atoms. The van der Waals surface area contributed by atoms with Crippen LogP contribution in [0.15, 0.2) is 79.2 Å². The van der Waals surface area contributed by atoms with Gasteiger partial charge in [0.05, 0.1) is 17.2 Å². The fourth-order valence-corrected chi connectivity index (χ4v) is 7.29. The van der Waals surface area contributed by atoms with E-state index < -0.39 is 28.6 Å². The van der Waals surface area contributed by atoms with E-state index in [0.29, 0.717) is 35.0 Å². The average Bonchev–Trinajstić information content (AvgIpc) is 3.18. The van der Waals surface area contributed by atoms with Crippen molar-refractivity contribution in [3.05, 3.63) is 106 Å². The highest BCUT2D eigenvalue weighted by Gasteiger charge is 2.51. The third-order valence-electron chi connectivity index (χ3n) is 10.2. The van der Waals surface area contributed by atoms with Gasteiger partial charge >= 0.3 is 5.97 Å². The molecule has 0 bridgehead atoms. The number of carboxylic acid groups (broad SMARTS) is 1. The number of allylic oxidation sites excluding steroid dienone is 2. The third-order valence-corrected chi connectivity index (χ3v) is 11.0. The zero-order valence-corrected chi connectivity index (χ0v) is 32.2. The number of aliphatic hydroxyl groups is 2. The summed E-state index contributed by atoms with van der Waals surface area (Å²) in [6.45, 7) is 5.94. The molecular weight excluding hydrogens is 731 g/mol. The molecule has 2 heterocycles. The number of likely N-dealkylation sites (tertiary alicyclic amines) is 1. The number of halogens is 2. The number of ether oxygens (including phenoxy) is 3. The first-order valence-electron chi connectivity index (χ1n) is 18.1. The first-order chi connectivity index (χ1) is 25.9. The van der Waals surface area contributed by atoms with Crippen LogP contribution in [0.2, 0.25) is 5.02 Å². The lowest BCUT2D eigenvalue weighted by molar-refractivity contribution is -0.145. The van der Waals surface area contributed by atoms with Gasteiger partial charge in [-0.3, -0.25) is 15.1 Å². The Morgan fingerprint density at radius 2 is 1.96 bits per heavy atom. The van der Waals surface area contributed by atoms with Gasteiger partial charge in [-0.25, -0.2) is 0 Å². The normalized spacial score (nSPS) is 22.5. The number of nitrogens with zero attached hydrogens (tertiary/aromatic N) is 3. The van der Waals surface area contributed by atoms with Crippen LogP contribution in [-0.4, -0.2) is 93.2 Å².